The summed E-state index contributed by atoms with van der Waals surface area (Å²) in [4.78, 5) is 4.52. The lowest BCUT2D eigenvalue weighted by Crippen LogP contribution is -2.39. The van der Waals surface area contributed by atoms with E-state index in [1.54, 1.807) is 0 Å². The van der Waals surface area contributed by atoms with Gasteiger partial charge in [-0.3, -0.25) is 4.99 Å². The molecule has 0 radical (unpaired) electrons. The Labute approximate surface area is 192 Å². The molecule has 0 aliphatic rings. The van der Waals surface area contributed by atoms with Crippen LogP contribution in [0.2, 0.25) is 0 Å². The third-order valence-electron chi connectivity index (χ3n) is 4.62. The first-order valence-electron chi connectivity index (χ1n) is 9.96. The number of aliphatic hydroxyl groups excluding tert-OH is 1. The Bertz CT molecular complexity index is 740. The van der Waals surface area contributed by atoms with Crippen molar-refractivity contribution < 1.29 is 9.84 Å². The van der Waals surface area contributed by atoms with Gasteiger partial charge in [0.2, 0.25) is 0 Å². The fraction of sp³-hybridized carbons (Fsp3) is 0.435. The molecule has 0 aliphatic heterocycles. The summed E-state index contributed by atoms with van der Waals surface area (Å²) in [5, 5.41) is 16.9. The smallest absolute Gasteiger partial charge is 0.191 e. The minimum atomic E-state index is -0.657. The van der Waals surface area contributed by atoms with E-state index in [9.17, 15) is 5.11 Å². The second-order valence-electron chi connectivity index (χ2n) is 6.98. The number of halogens is 1. The number of ether oxygens (including phenoxy) is 1. The fourth-order valence-corrected chi connectivity index (χ4v) is 3.00. The lowest BCUT2D eigenvalue weighted by atomic mass is 10.0. The predicted molar refractivity (Wildman–Crippen MR) is 131 cm³/mol. The molecule has 0 aromatic heterocycles. The standard InChI is InChI=1S/C23H33N3O2.HI/c1-5-24-23(26-18(3)22-14-10-9-11-17(22)2)25-15-21(27)16-28-19(4)20-12-7-6-8-13-20;/h6-14,18-19,21,27H,5,15-16H2,1-4H3,(H2,24,25,26);1H. The number of benzene rings is 2. The fourth-order valence-electron chi connectivity index (χ4n) is 3.00. The number of guanidine groups is 1. The Kier molecular flexibility index (Phi) is 11.9. The highest BCUT2D eigenvalue weighted by Gasteiger charge is 2.12. The van der Waals surface area contributed by atoms with Crippen LogP contribution in [0.3, 0.4) is 0 Å². The highest BCUT2D eigenvalue weighted by atomic mass is 127. The third-order valence-corrected chi connectivity index (χ3v) is 4.62. The van der Waals surface area contributed by atoms with E-state index < -0.39 is 6.10 Å². The van der Waals surface area contributed by atoms with E-state index in [0.29, 0.717) is 5.96 Å². The topological polar surface area (TPSA) is 65.9 Å². The molecule has 2 aromatic rings. The van der Waals surface area contributed by atoms with E-state index in [1.807, 2.05) is 56.3 Å². The molecule has 3 atom stereocenters. The van der Waals surface area contributed by atoms with Crippen LogP contribution in [0.1, 0.15) is 49.6 Å². The Morgan fingerprint density at radius 2 is 1.72 bits per heavy atom. The van der Waals surface area contributed by atoms with Crippen molar-refractivity contribution in [2.24, 2.45) is 4.99 Å². The summed E-state index contributed by atoms with van der Waals surface area (Å²) in [7, 11) is 0. The van der Waals surface area contributed by atoms with Gasteiger partial charge in [-0.05, 0) is 44.4 Å². The minimum absolute atomic E-state index is 0. The first-order valence-corrected chi connectivity index (χ1v) is 9.96. The van der Waals surface area contributed by atoms with Crippen LogP contribution in [-0.2, 0) is 4.74 Å². The van der Waals surface area contributed by atoms with E-state index in [4.69, 9.17) is 4.74 Å². The molecule has 29 heavy (non-hydrogen) atoms. The molecular formula is C23H34IN3O2. The van der Waals surface area contributed by atoms with Gasteiger partial charge in [-0.2, -0.15) is 0 Å². The van der Waals surface area contributed by atoms with Crippen LogP contribution >= 0.6 is 24.0 Å². The van der Waals surface area contributed by atoms with Crippen molar-refractivity contribution in [1.82, 2.24) is 10.6 Å². The van der Waals surface area contributed by atoms with Crippen molar-refractivity contribution in [3.05, 3.63) is 71.3 Å². The number of aliphatic hydroxyl groups is 1. The van der Waals surface area contributed by atoms with Crippen molar-refractivity contribution in [1.29, 1.82) is 0 Å². The first kappa shape index (κ1) is 25.4. The van der Waals surface area contributed by atoms with E-state index in [0.717, 1.165) is 12.1 Å². The molecule has 0 saturated heterocycles. The molecular weight excluding hydrogens is 477 g/mol. The summed E-state index contributed by atoms with van der Waals surface area (Å²) in [6.45, 7) is 9.49. The highest BCUT2D eigenvalue weighted by Crippen LogP contribution is 2.17. The van der Waals surface area contributed by atoms with Crippen LogP contribution in [0.15, 0.2) is 59.6 Å². The van der Waals surface area contributed by atoms with Gasteiger partial charge < -0.3 is 20.5 Å². The van der Waals surface area contributed by atoms with E-state index >= 15 is 0 Å². The molecule has 0 aliphatic carbocycles. The molecule has 0 saturated carbocycles. The number of aryl methyl sites for hydroxylation is 1. The van der Waals surface area contributed by atoms with Gasteiger partial charge in [0, 0.05) is 6.54 Å². The Hall–Kier alpha value is -1.64. The van der Waals surface area contributed by atoms with E-state index in [2.05, 4.69) is 41.6 Å². The Balaban J connectivity index is 0.00000420. The summed E-state index contributed by atoms with van der Waals surface area (Å²) >= 11 is 0. The van der Waals surface area contributed by atoms with Crippen molar-refractivity contribution in [3.8, 4) is 0 Å². The van der Waals surface area contributed by atoms with Gasteiger partial charge in [0.05, 0.1) is 31.4 Å². The third kappa shape index (κ3) is 8.72. The van der Waals surface area contributed by atoms with Gasteiger partial charge in [-0.15, -0.1) is 24.0 Å². The lowest BCUT2D eigenvalue weighted by molar-refractivity contribution is 0.00111. The van der Waals surface area contributed by atoms with Crippen molar-refractivity contribution in [2.75, 3.05) is 19.7 Å². The maximum Gasteiger partial charge on any atom is 0.191 e. The Morgan fingerprint density at radius 3 is 2.38 bits per heavy atom. The number of nitrogens with zero attached hydrogens (tertiary/aromatic N) is 1. The SMILES string of the molecule is CCNC(=NCC(O)COC(C)c1ccccc1)NC(C)c1ccccc1C.I. The summed E-state index contributed by atoms with van der Waals surface area (Å²) < 4.78 is 5.79. The molecule has 0 bridgehead atoms. The number of hydrogen-bond donors (Lipinski definition) is 3. The van der Waals surface area contributed by atoms with Crippen molar-refractivity contribution in [3.63, 3.8) is 0 Å². The van der Waals surface area contributed by atoms with Gasteiger partial charge in [0.1, 0.15) is 0 Å². The molecule has 0 spiro atoms. The number of nitrogens with one attached hydrogen (secondary N) is 2. The van der Waals surface area contributed by atoms with Crippen LogP contribution in [0.25, 0.3) is 0 Å². The van der Waals surface area contributed by atoms with E-state index in [1.165, 1.54) is 11.1 Å². The molecule has 160 valence electrons. The molecule has 5 nitrogen and oxygen atoms in total. The van der Waals surface area contributed by atoms with Crippen LogP contribution in [-0.4, -0.2) is 36.9 Å². The molecule has 0 heterocycles. The number of rotatable bonds is 9. The monoisotopic (exact) mass is 511 g/mol. The molecule has 0 amide bonds. The lowest BCUT2D eigenvalue weighted by Gasteiger charge is -2.20. The highest BCUT2D eigenvalue weighted by molar-refractivity contribution is 14.0. The Morgan fingerprint density at radius 1 is 1.07 bits per heavy atom. The normalized spacial score (nSPS) is 14.4. The largest absolute Gasteiger partial charge is 0.389 e. The number of hydrogen-bond acceptors (Lipinski definition) is 3. The molecule has 0 fully saturated rings. The number of aliphatic imine (C=N–C) groups is 1. The average Bonchev–Trinajstić information content (AvgIpc) is 2.71. The van der Waals surface area contributed by atoms with Crippen LogP contribution in [0.5, 0.6) is 0 Å². The average molecular weight is 511 g/mol. The quantitative estimate of drug-likeness (QED) is 0.266. The zero-order valence-corrected chi connectivity index (χ0v) is 20.1. The molecule has 3 N–H and O–H groups in total. The van der Waals surface area contributed by atoms with Crippen molar-refractivity contribution in [2.45, 2.75) is 45.9 Å². The van der Waals surface area contributed by atoms with Crippen LogP contribution in [0.4, 0.5) is 0 Å². The van der Waals surface area contributed by atoms with Crippen molar-refractivity contribution >= 4 is 29.9 Å². The minimum Gasteiger partial charge on any atom is -0.389 e. The first-order chi connectivity index (χ1) is 13.5. The zero-order valence-electron chi connectivity index (χ0n) is 17.8. The van der Waals surface area contributed by atoms with Crippen LogP contribution in [0, 0.1) is 6.92 Å². The van der Waals surface area contributed by atoms with Gasteiger partial charge >= 0.3 is 0 Å². The van der Waals surface area contributed by atoms with Gasteiger partial charge in [-0.25, -0.2) is 0 Å². The summed E-state index contributed by atoms with van der Waals surface area (Å²) in [5.41, 5.74) is 3.57. The molecule has 3 unspecified atom stereocenters. The molecule has 2 aromatic carbocycles. The molecule has 6 heteroatoms. The molecule has 2 rings (SSSR count). The second kappa shape index (κ2) is 13.6. The van der Waals surface area contributed by atoms with Gasteiger partial charge in [0.25, 0.3) is 0 Å². The van der Waals surface area contributed by atoms with Crippen LogP contribution < -0.4 is 10.6 Å². The maximum absolute atomic E-state index is 10.3. The summed E-state index contributed by atoms with van der Waals surface area (Å²) in [5.74, 6) is 0.688. The van der Waals surface area contributed by atoms with Gasteiger partial charge in [0.15, 0.2) is 5.96 Å². The summed E-state index contributed by atoms with van der Waals surface area (Å²) in [6.07, 6.45) is -0.720. The summed E-state index contributed by atoms with van der Waals surface area (Å²) in [6, 6.07) is 18.4. The predicted octanol–water partition coefficient (Wildman–Crippen LogP) is 4.37. The van der Waals surface area contributed by atoms with Gasteiger partial charge in [-0.1, -0.05) is 54.6 Å². The maximum atomic E-state index is 10.3. The second-order valence-corrected chi connectivity index (χ2v) is 6.98. The van der Waals surface area contributed by atoms with E-state index in [-0.39, 0.29) is 49.3 Å². The zero-order chi connectivity index (χ0) is 20.4.